The average molecular weight is 432 g/mol. The molecule has 0 aromatic carbocycles. The van der Waals surface area contributed by atoms with Gasteiger partial charge in [-0.05, 0) is 59.8 Å². The number of nitrogens with two attached hydrogens (primary N) is 1. The maximum Gasteiger partial charge on any atom is 0.229 e. The van der Waals surface area contributed by atoms with Gasteiger partial charge >= 0.3 is 0 Å². The van der Waals surface area contributed by atoms with Crippen LogP contribution in [0.2, 0.25) is 0 Å². The molecule has 5 rings (SSSR count). The van der Waals surface area contributed by atoms with Crippen molar-refractivity contribution in [2.45, 2.75) is 25.9 Å². The second kappa shape index (κ2) is 8.24. The molecule has 7 heteroatoms. The van der Waals surface area contributed by atoms with E-state index in [0.717, 1.165) is 41.3 Å². The molecule has 3 aromatic rings. The largest absolute Gasteiger partial charge is 0.397 e. The first-order valence-electron chi connectivity index (χ1n) is 10.5. The van der Waals surface area contributed by atoms with E-state index in [9.17, 15) is 4.79 Å². The molecule has 2 aliphatic heterocycles. The number of hydrogen-bond donors (Lipinski definition) is 1. The van der Waals surface area contributed by atoms with Gasteiger partial charge in [-0.15, -0.1) is 11.3 Å². The van der Waals surface area contributed by atoms with Gasteiger partial charge in [-0.3, -0.25) is 9.78 Å². The molecule has 0 unspecified atom stereocenters. The SMILES string of the molecule is CN1CC=C(c2cnc3c(c2)CN(C(=O)Cc2nc(-c4cccs4)ccc2N)C3)CC1. The van der Waals surface area contributed by atoms with Gasteiger partial charge in [0.15, 0.2) is 0 Å². The standard InChI is InChI=1S/C24H25N5OS/c1-28-8-6-16(7-9-28)17-11-18-14-29(15-22(18)26-13-17)24(30)12-21-19(25)4-5-20(27-21)23-3-2-10-31-23/h2-6,10-11,13H,7-9,12,14-15,25H2,1H3. The maximum absolute atomic E-state index is 13.0. The molecule has 158 valence electrons. The van der Waals surface area contributed by atoms with E-state index in [4.69, 9.17) is 5.73 Å². The summed E-state index contributed by atoms with van der Waals surface area (Å²) in [5.74, 6) is 0.0283. The number of thiophene rings is 1. The third kappa shape index (κ3) is 4.11. The van der Waals surface area contributed by atoms with Crippen LogP contribution < -0.4 is 5.73 Å². The van der Waals surface area contributed by atoms with Crippen LogP contribution in [-0.4, -0.2) is 45.8 Å². The normalized spacial score (nSPS) is 16.3. The number of pyridine rings is 2. The Morgan fingerprint density at radius 2 is 2.16 bits per heavy atom. The molecular formula is C24H25N5OS. The number of aromatic nitrogens is 2. The quantitative estimate of drug-likeness (QED) is 0.683. The summed E-state index contributed by atoms with van der Waals surface area (Å²) < 4.78 is 0. The van der Waals surface area contributed by atoms with Crippen molar-refractivity contribution < 1.29 is 4.79 Å². The summed E-state index contributed by atoms with van der Waals surface area (Å²) in [4.78, 5) is 27.6. The van der Waals surface area contributed by atoms with Crippen molar-refractivity contribution in [1.82, 2.24) is 19.8 Å². The van der Waals surface area contributed by atoms with Crippen molar-refractivity contribution in [2.24, 2.45) is 0 Å². The lowest BCUT2D eigenvalue weighted by Crippen LogP contribution is -2.27. The Morgan fingerprint density at radius 3 is 2.94 bits per heavy atom. The molecule has 3 aromatic heterocycles. The smallest absolute Gasteiger partial charge is 0.229 e. The highest BCUT2D eigenvalue weighted by Crippen LogP contribution is 2.29. The monoisotopic (exact) mass is 431 g/mol. The molecule has 2 aliphatic rings. The summed E-state index contributed by atoms with van der Waals surface area (Å²) >= 11 is 1.63. The first-order valence-corrected chi connectivity index (χ1v) is 11.4. The van der Waals surface area contributed by atoms with Gasteiger partial charge in [0.1, 0.15) is 0 Å². The third-order valence-electron chi connectivity index (χ3n) is 6.00. The summed E-state index contributed by atoms with van der Waals surface area (Å²) in [6, 6.07) is 9.97. The van der Waals surface area contributed by atoms with Crippen LogP contribution in [0.1, 0.15) is 28.9 Å². The van der Waals surface area contributed by atoms with E-state index >= 15 is 0 Å². The molecule has 0 radical (unpaired) electrons. The lowest BCUT2D eigenvalue weighted by Gasteiger charge is -2.22. The Morgan fingerprint density at radius 1 is 1.26 bits per heavy atom. The van der Waals surface area contributed by atoms with E-state index in [1.165, 1.54) is 11.1 Å². The minimum atomic E-state index is 0.0283. The molecule has 0 atom stereocenters. The number of nitrogens with zero attached hydrogens (tertiary/aromatic N) is 4. The third-order valence-corrected chi connectivity index (χ3v) is 6.89. The fourth-order valence-electron chi connectivity index (χ4n) is 4.12. The zero-order chi connectivity index (χ0) is 21.4. The van der Waals surface area contributed by atoms with Crippen LogP contribution in [0.15, 0.2) is 48.0 Å². The van der Waals surface area contributed by atoms with Gasteiger partial charge < -0.3 is 15.5 Å². The Labute approximate surface area is 186 Å². The predicted molar refractivity (Wildman–Crippen MR) is 124 cm³/mol. The van der Waals surface area contributed by atoms with E-state index in [1.54, 1.807) is 11.3 Å². The molecule has 6 nitrogen and oxygen atoms in total. The van der Waals surface area contributed by atoms with Gasteiger partial charge in [0.05, 0.1) is 40.6 Å². The number of carbonyl (C=O) groups is 1. The predicted octanol–water partition coefficient (Wildman–Crippen LogP) is 3.59. The van der Waals surface area contributed by atoms with E-state index in [-0.39, 0.29) is 12.3 Å². The van der Waals surface area contributed by atoms with Gasteiger partial charge in [0.2, 0.25) is 5.91 Å². The lowest BCUT2D eigenvalue weighted by atomic mass is 9.99. The summed E-state index contributed by atoms with van der Waals surface area (Å²) in [6.07, 6.45) is 5.46. The second-order valence-electron chi connectivity index (χ2n) is 8.21. The first kappa shape index (κ1) is 19.9. The zero-order valence-electron chi connectivity index (χ0n) is 17.5. The summed E-state index contributed by atoms with van der Waals surface area (Å²) in [6.45, 7) is 3.16. The van der Waals surface area contributed by atoms with Gasteiger partial charge in [0, 0.05) is 25.8 Å². The summed E-state index contributed by atoms with van der Waals surface area (Å²) in [5, 5.41) is 2.02. The molecule has 1 amide bonds. The summed E-state index contributed by atoms with van der Waals surface area (Å²) in [5.41, 5.74) is 12.8. The Bertz CT molecular complexity index is 1150. The van der Waals surface area contributed by atoms with E-state index in [2.05, 4.69) is 34.1 Å². The molecule has 0 aliphatic carbocycles. The molecule has 0 spiro atoms. The van der Waals surface area contributed by atoms with Gasteiger partial charge in [-0.1, -0.05) is 12.1 Å². The zero-order valence-corrected chi connectivity index (χ0v) is 18.4. The van der Waals surface area contributed by atoms with Crippen molar-refractivity contribution in [3.8, 4) is 10.6 Å². The minimum Gasteiger partial charge on any atom is -0.397 e. The van der Waals surface area contributed by atoms with E-state index < -0.39 is 0 Å². The highest BCUT2D eigenvalue weighted by Gasteiger charge is 2.26. The Hall–Kier alpha value is -3.03. The number of hydrogen-bond acceptors (Lipinski definition) is 6. The van der Waals surface area contributed by atoms with Gasteiger partial charge in [0.25, 0.3) is 0 Å². The number of anilines is 1. The van der Waals surface area contributed by atoms with Crippen molar-refractivity contribution in [2.75, 3.05) is 25.9 Å². The average Bonchev–Trinajstić information content (AvgIpc) is 3.45. The van der Waals surface area contributed by atoms with Crippen molar-refractivity contribution in [3.05, 3.63) is 70.5 Å². The van der Waals surface area contributed by atoms with Gasteiger partial charge in [-0.25, -0.2) is 4.98 Å². The Kier molecular flexibility index (Phi) is 5.29. The highest BCUT2D eigenvalue weighted by molar-refractivity contribution is 7.13. The molecule has 0 saturated carbocycles. The first-order chi connectivity index (χ1) is 15.1. The van der Waals surface area contributed by atoms with Crippen LogP contribution in [0.4, 0.5) is 5.69 Å². The van der Waals surface area contributed by atoms with Crippen LogP contribution in [0, 0.1) is 0 Å². The van der Waals surface area contributed by atoms with E-state index in [1.807, 2.05) is 40.7 Å². The van der Waals surface area contributed by atoms with Crippen LogP contribution >= 0.6 is 11.3 Å². The van der Waals surface area contributed by atoms with Crippen molar-refractivity contribution in [1.29, 1.82) is 0 Å². The van der Waals surface area contributed by atoms with Crippen molar-refractivity contribution >= 4 is 28.5 Å². The fourth-order valence-corrected chi connectivity index (χ4v) is 4.81. The highest BCUT2D eigenvalue weighted by atomic mass is 32.1. The van der Waals surface area contributed by atoms with Crippen molar-refractivity contribution in [3.63, 3.8) is 0 Å². The molecule has 2 N–H and O–H groups in total. The summed E-state index contributed by atoms with van der Waals surface area (Å²) in [7, 11) is 2.13. The maximum atomic E-state index is 13.0. The lowest BCUT2D eigenvalue weighted by molar-refractivity contribution is -0.131. The Balaban J connectivity index is 1.30. The topological polar surface area (TPSA) is 75.4 Å². The number of likely N-dealkylation sites (N-methyl/N-ethyl adjacent to an activating group) is 1. The number of rotatable bonds is 4. The van der Waals surface area contributed by atoms with Crippen LogP contribution in [-0.2, 0) is 24.3 Å². The van der Waals surface area contributed by atoms with Crippen LogP contribution in [0.3, 0.4) is 0 Å². The molecule has 0 fully saturated rings. The number of amides is 1. The second-order valence-corrected chi connectivity index (χ2v) is 9.16. The molecule has 0 bridgehead atoms. The minimum absolute atomic E-state index is 0.0283. The van der Waals surface area contributed by atoms with Crippen LogP contribution in [0.5, 0.6) is 0 Å². The number of nitrogen functional groups attached to an aromatic ring is 1. The molecule has 0 saturated heterocycles. The fraction of sp³-hybridized carbons (Fsp3) is 0.292. The molecule has 31 heavy (non-hydrogen) atoms. The number of fused-ring (bicyclic) bond motifs is 1. The molecular weight excluding hydrogens is 406 g/mol. The van der Waals surface area contributed by atoms with Gasteiger partial charge in [-0.2, -0.15) is 0 Å². The molecule has 5 heterocycles. The number of carbonyl (C=O) groups excluding carboxylic acids is 1. The van der Waals surface area contributed by atoms with Crippen LogP contribution in [0.25, 0.3) is 16.1 Å². The van der Waals surface area contributed by atoms with E-state index in [0.29, 0.717) is 24.5 Å².